The highest BCUT2D eigenvalue weighted by atomic mass is 19.1. The summed E-state index contributed by atoms with van der Waals surface area (Å²) < 4.78 is 15.5. The number of rotatable bonds is 3. The van der Waals surface area contributed by atoms with Gasteiger partial charge < -0.3 is 5.32 Å². The summed E-state index contributed by atoms with van der Waals surface area (Å²) >= 11 is 0. The van der Waals surface area contributed by atoms with E-state index >= 15 is 4.39 Å². The number of fused-ring (bicyclic) bond motifs is 5. The van der Waals surface area contributed by atoms with E-state index in [1.54, 1.807) is 0 Å². The first-order valence-electron chi connectivity index (χ1n) is 11.5. The van der Waals surface area contributed by atoms with E-state index in [1.807, 2.05) is 0 Å². The number of hydrogen-bond donors (Lipinski definition) is 2. The second-order valence-electron chi connectivity index (χ2n) is 10.6. The Labute approximate surface area is 168 Å². The lowest BCUT2D eigenvalue weighted by Crippen LogP contribution is -2.53. The minimum atomic E-state index is -0.0940. The molecular weight excluding hydrogens is 355 g/mol. The number of halogens is 1. The van der Waals surface area contributed by atoms with E-state index in [9.17, 15) is 4.79 Å². The summed E-state index contributed by atoms with van der Waals surface area (Å²) in [6.45, 7) is 6.37. The van der Waals surface area contributed by atoms with Crippen molar-refractivity contribution in [2.45, 2.75) is 77.7 Å². The van der Waals surface area contributed by atoms with E-state index < -0.39 is 0 Å². The van der Waals surface area contributed by atoms with E-state index in [2.05, 4.69) is 24.6 Å². The van der Waals surface area contributed by atoms with Gasteiger partial charge in [-0.3, -0.25) is 15.1 Å². The van der Waals surface area contributed by atoms with Crippen LogP contribution in [0.2, 0.25) is 0 Å². The lowest BCUT2D eigenvalue weighted by Gasteiger charge is -2.59. The Morgan fingerprint density at radius 1 is 1.07 bits per heavy atom. The third-order valence-corrected chi connectivity index (χ3v) is 9.45. The van der Waals surface area contributed by atoms with Crippen molar-refractivity contribution in [1.82, 2.24) is 10.8 Å². The van der Waals surface area contributed by atoms with Gasteiger partial charge in [-0.05, 0) is 81.1 Å². The molecule has 0 radical (unpaired) electrons. The molecule has 1 aliphatic heterocycles. The summed E-state index contributed by atoms with van der Waals surface area (Å²) in [5, 5.41) is 3.28. The lowest BCUT2D eigenvalue weighted by atomic mass is 9.46. The molecule has 156 valence electrons. The zero-order chi connectivity index (χ0) is 19.5. The van der Waals surface area contributed by atoms with Crippen molar-refractivity contribution >= 4 is 5.78 Å². The maximum absolute atomic E-state index is 15.5. The van der Waals surface area contributed by atoms with Crippen molar-refractivity contribution in [2.75, 3.05) is 13.1 Å². The van der Waals surface area contributed by atoms with Crippen LogP contribution in [0.4, 0.5) is 4.39 Å². The van der Waals surface area contributed by atoms with E-state index in [4.69, 9.17) is 4.84 Å². The number of carbonyl (C=O) groups is 1. The van der Waals surface area contributed by atoms with Crippen LogP contribution >= 0.6 is 0 Å². The number of hydroxylamine groups is 1. The maximum Gasteiger partial charge on any atom is 0.139 e. The topological polar surface area (TPSA) is 50.4 Å². The summed E-state index contributed by atoms with van der Waals surface area (Å²) in [4.78, 5) is 18.3. The minimum Gasteiger partial charge on any atom is -0.314 e. The molecule has 0 aromatic carbocycles. The predicted octanol–water partition coefficient (Wildman–Crippen LogP) is 4.27. The second-order valence-corrected chi connectivity index (χ2v) is 10.6. The van der Waals surface area contributed by atoms with Crippen LogP contribution < -0.4 is 10.8 Å². The van der Waals surface area contributed by atoms with Gasteiger partial charge in [-0.25, -0.2) is 4.39 Å². The van der Waals surface area contributed by atoms with Gasteiger partial charge in [0.2, 0.25) is 0 Å². The molecule has 0 amide bonds. The highest BCUT2D eigenvalue weighted by Crippen LogP contribution is 2.66. The van der Waals surface area contributed by atoms with Crippen molar-refractivity contribution in [1.29, 1.82) is 0 Å². The highest BCUT2D eigenvalue weighted by molar-refractivity contribution is 5.87. The van der Waals surface area contributed by atoms with Crippen LogP contribution in [-0.4, -0.2) is 25.0 Å². The van der Waals surface area contributed by atoms with Gasteiger partial charge in [0.25, 0.3) is 0 Å². The molecule has 1 heterocycles. The molecule has 5 aliphatic rings. The molecule has 0 bridgehead atoms. The first kappa shape index (κ1) is 19.0. The van der Waals surface area contributed by atoms with Gasteiger partial charge in [-0.1, -0.05) is 13.8 Å². The second kappa shape index (κ2) is 6.80. The van der Waals surface area contributed by atoms with E-state index in [0.717, 1.165) is 70.9 Å². The van der Waals surface area contributed by atoms with Gasteiger partial charge in [0.15, 0.2) is 0 Å². The average Bonchev–Trinajstić information content (AvgIpc) is 3.29. The molecule has 28 heavy (non-hydrogen) atoms. The standard InChI is InChI=1S/C23H35FN2O2/c1-22-11-8-19(26-28-14-9-12-25-13-14)21(24)18(22)4-3-15-16-5-6-20(27)23(16,2)10-7-17(15)22/h14-18,25-26H,3-13H2,1-2H3/t14-,15+,16+,17+,18?,22-,23+/m1/s1. The Kier molecular flexibility index (Phi) is 4.63. The number of nitrogens with one attached hydrogen (secondary N) is 2. The Hall–Kier alpha value is -0.940. The highest BCUT2D eigenvalue weighted by Gasteiger charge is 2.60. The molecule has 0 aromatic heterocycles. The SMILES string of the molecule is C[C@]12CCC(NO[C@@H]3CCNC3)=C(F)C1CC[C@@H]1[C@@H]2CC[C@]2(C)C(=O)CC[C@@H]12. The molecule has 1 unspecified atom stereocenters. The molecule has 5 heteroatoms. The summed E-state index contributed by atoms with van der Waals surface area (Å²) in [6.07, 6.45) is 8.80. The number of ketones is 1. The van der Waals surface area contributed by atoms with Crippen LogP contribution in [0.5, 0.6) is 0 Å². The Morgan fingerprint density at radius 3 is 2.71 bits per heavy atom. The monoisotopic (exact) mass is 390 g/mol. The average molecular weight is 391 g/mol. The van der Waals surface area contributed by atoms with Crippen molar-refractivity contribution in [3.8, 4) is 0 Å². The fourth-order valence-electron chi connectivity index (χ4n) is 7.71. The Bertz CT molecular complexity index is 688. The van der Waals surface area contributed by atoms with Gasteiger partial charge in [0, 0.05) is 24.3 Å². The molecule has 1 saturated heterocycles. The third-order valence-electron chi connectivity index (χ3n) is 9.45. The molecule has 4 nitrogen and oxygen atoms in total. The van der Waals surface area contributed by atoms with Crippen molar-refractivity contribution in [3.05, 3.63) is 11.5 Å². The first-order chi connectivity index (χ1) is 13.4. The van der Waals surface area contributed by atoms with Gasteiger partial charge in [0.05, 0.1) is 11.8 Å². The van der Waals surface area contributed by atoms with Gasteiger partial charge >= 0.3 is 0 Å². The summed E-state index contributed by atoms with van der Waals surface area (Å²) in [5.74, 6) is 2.24. The minimum absolute atomic E-state index is 0.0109. The quantitative estimate of drug-likeness (QED) is 0.707. The van der Waals surface area contributed by atoms with Gasteiger partial charge in [-0.2, -0.15) is 0 Å². The largest absolute Gasteiger partial charge is 0.314 e. The molecule has 7 atom stereocenters. The molecule has 2 N–H and O–H groups in total. The zero-order valence-electron chi connectivity index (χ0n) is 17.4. The van der Waals surface area contributed by atoms with E-state index in [-0.39, 0.29) is 28.7 Å². The van der Waals surface area contributed by atoms with Crippen molar-refractivity contribution in [2.24, 2.45) is 34.5 Å². The Morgan fingerprint density at radius 2 is 1.93 bits per heavy atom. The fraction of sp³-hybridized carbons (Fsp3) is 0.870. The Balaban J connectivity index is 1.35. The summed E-state index contributed by atoms with van der Waals surface area (Å²) in [5.41, 5.74) is 3.62. The molecule has 3 saturated carbocycles. The summed E-state index contributed by atoms with van der Waals surface area (Å²) in [7, 11) is 0. The maximum atomic E-state index is 15.5. The number of hydrogen-bond acceptors (Lipinski definition) is 4. The molecule has 5 rings (SSSR count). The normalized spacial score (nSPS) is 48.2. The fourth-order valence-corrected chi connectivity index (χ4v) is 7.71. The molecule has 0 aromatic rings. The van der Waals surface area contributed by atoms with Crippen LogP contribution in [0.3, 0.4) is 0 Å². The van der Waals surface area contributed by atoms with Crippen LogP contribution in [0, 0.1) is 34.5 Å². The summed E-state index contributed by atoms with van der Waals surface area (Å²) in [6, 6.07) is 0. The molecule has 4 aliphatic carbocycles. The van der Waals surface area contributed by atoms with E-state index in [1.165, 1.54) is 0 Å². The number of carbonyl (C=O) groups excluding carboxylic acids is 1. The van der Waals surface area contributed by atoms with Crippen LogP contribution in [0.15, 0.2) is 11.5 Å². The predicted molar refractivity (Wildman–Crippen MR) is 106 cm³/mol. The first-order valence-corrected chi connectivity index (χ1v) is 11.5. The molecule has 4 fully saturated rings. The molecular formula is C23H35FN2O2. The van der Waals surface area contributed by atoms with Gasteiger partial charge in [-0.15, -0.1) is 0 Å². The molecule has 0 spiro atoms. The van der Waals surface area contributed by atoms with Crippen LogP contribution in [-0.2, 0) is 9.63 Å². The van der Waals surface area contributed by atoms with Crippen LogP contribution in [0.1, 0.15) is 71.6 Å². The van der Waals surface area contributed by atoms with E-state index in [0.29, 0.717) is 29.2 Å². The van der Waals surface area contributed by atoms with Crippen LogP contribution in [0.25, 0.3) is 0 Å². The number of Topliss-reactive ketones (excluding diaryl/α,β-unsaturated/α-hetero) is 1. The van der Waals surface area contributed by atoms with Crippen molar-refractivity contribution < 1.29 is 14.0 Å². The van der Waals surface area contributed by atoms with Crippen molar-refractivity contribution in [3.63, 3.8) is 0 Å². The lowest BCUT2D eigenvalue weighted by molar-refractivity contribution is -0.137. The third kappa shape index (κ3) is 2.72. The smallest absolute Gasteiger partial charge is 0.139 e. The number of allylic oxidation sites excluding steroid dienone is 2. The van der Waals surface area contributed by atoms with Gasteiger partial charge in [0.1, 0.15) is 11.6 Å². The zero-order valence-corrected chi connectivity index (χ0v) is 17.4.